The number of carbonyl (C=O) groups is 1. The number of hydrogen-bond donors (Lipinski definition) is 1. The van der Waals surface area contributed by atoms with Crippen LogP contribution in [-0.2, 0) is 0 Å². The van der Waals surface area contributed by atoms with E-state index in [1.165, 1.54) is 12.8 Å². The molecular weight excluding hydrogens is 300 g/mol. The number of anilines is 1. The normalized spacial score (nSPS) is 16.7. The summed E-state index contributed by atoms with van der Waals surface area (Å²) in [4.78, 5) is 23.2. The first kappa shape index (κ1) is 16.4. The van der Waals surface area contributed by atoms with E-state index in [-0.39, 0.29) is 11.9 Å². The Labute approximate surface area is 143 Å². The SMILES string of the molecule is CC1CCN(c2ccc(C(=O)NC(C)c3cccnc3)cn2)CC1. The highest BCUT2D eigenvalue weighted by Crippen LogP contribution is 2.21. The van der Waals surface area contributed by atoms with E-state index in [1.807, 2.05) is 31.2 Å². The van der Waals surface area contributed by atoms with Crippen molar-refractivity contribution >= 4 is 11.7 Å². The highest BCUT2D eigenvalue weighted by molar-refractivity contribution is 5.94. The number of pyridine rings is 2. The van der Waals surface area contributed by atoms with Crippen molar-refractivity contribution in [2.24, 2.45) is 5.92 Å². The minimum atomic E-state index is -0.113. The second kappa shape index (κ2) is 7.43. The lowest BCUT2D eigenvalue weighted by atomic mass is 9.99. The fourth-order valence-corrected chi connectivity index (χ4v) is 2.94. The summed E-state index contributed by atoms with van der Waals surface area (Å²) in [6, 6.07) is 7.53. The number of carbonyl (C=O) groups excluding carboxylic acids is 1. The molecule has 1 unspecified atom stereocenters. The first-order valence-electron chi connectivity index (χ1n) is 8.55. The van der Waals surface area contributed by atoms with Gasteiger partial charge in [-0.25, -0.2) is 4.98 Å². The zero-order valence-corrected chi connectivity index (χ0v) is 14.3. The van der Waals surface area contributed by atoms with Crippen LogP contribution in [0.2, 0.25) is 0 Å². The van der Waals surface area contributed by atoms with E-state index < -0.39 is 0 Å². The summed E-state index contributed by atoms with van der Waals surface area (Å²) >= 11 is 0. The van der Waals surface area contributed by atoms with Gasteiger partial charge in [-0.2, -0.15) is 0 Å². The molecule has 2 aromatic heterocycles. The van der Waals surface area contributed by atoms with Gasteiger partial charge in [-0.3, -0.25) is 9.78 Å². The van der Waals surface area contributed by atoms with Gasteiger partial charge in [-0.15, -0.1) is 0 Å². The van der Waals surface area contributed by atoms with E-state index in [2.05, 4.69) is 27.1 Å². The third-order valence-corrected chi connectivity index (χ3v) is 4.65. The molecule has 1 saturated heterocycles. The van der Waals surface area contributed by atoms with Gasteiger partial charge in [0.2, 0.25) is 0 Å². The molecule has 0 saturated carbocycles. The van der Waals surface area contributed by atoms with Gasteiger partial charge in [0.25, 0.3) is 5.91 Å². The molecular formula is C19H24N4O. The first-order chi connectivity index (χ1) is 11.6. The average Bonchev–Trinajstić information content (AvgIpc) is 2.63. The Hall–Kier alpha value is -2.43. The topological polar surface area (TPSA) is 58.1 Å². The summed E-state index contributed by atoms with van der Waals surface area (Å²) in [5, 5.41) is 2.98. The molecule has 2 aromatic rings. The lowest BCUT2D eigenvalue weighted by Crippen LogP contribution is -2.33. The van der Waals surface area contributed by atoms with Gasteiger partial charge in [0.15, 0.2) is 0 Å². The van der Waals surface area contributed by atoms with Crippen molar-refractivity contribution in [2.45, 2.75) is 32.7 Å². The molecule has 1 amide bonds. The van der Waals surface area contributed by atoms with Crippen molar-refractivity contribution in [1.29, 1.82) is 0 Å². The van der Waals surface area contributed by atoms with Crippen LogP contribution in [0.5, 0.6) is 0 Å². The van der Waals surface area contributed by atoms with Crippen molar-refractivity contribution in [3.8, 4) is 0 Å². The second-order valence-electron chi connectivity index (χ2n) is 6.56. The molecule has 24 heavy (non-hydrogen) atoms. The first-order valence-corrected chi connectivity index (χ1v) is 8.55. The molecule has 5 heteroatoms. The zero-order chi connectivity index (χ0) is 16.9. The second-order valence-corrected chi connectivity index (χ2v) is 6.56. The van der Waals surface area contributed by atoms with Crippen LogP contribution in [0.4, 0.5) is 5.82 Å². The highest BCUT2D eigenvalue weighted by atomic mass is 16.1. The predicted octanol–water partition coefficient (Wildman–Crippen LogP) is 3.20. The Bertz CT molecular complexity index is 664. The maximum Gasteiger partial charge on any atom is 0.253 e. The molecule has 5 nitrogen and oxygen atoms in total. The van der Waals surface area contributed by atoms with Gasteiger partial charge in [-0.1, -0.05) is 13.0 Å². The molecule has 1 atom stereocenters. The maximum atomic E-state index is 12.4. The largest absolute Gasteiger partial charge is 0.357 e. The van der Waals surface area contributed by atoms with E-state index in [4.69, 9.17) is 0 Å². The van der Waals surface area contributed by atoms with Gasteiger partial charge in [0.1, 0.15) is 5.82 Å². The van der Waals surface area contributed by atoms with E-state index in [9.17, 15) is 4.79 Å². The third-order valence-electron chi connectivity index (χ3n) is 4.65. The number of nitrogens with one attached hydrogen (secondary N) is 1. The van der Waals surface area contributed by atoms with Crippen LogP contribution < -0.4 is 10.2 Å². The molecule has 126 valence electrons. The number of rotatable bonds is 4. The molecule has 0 bridgehead atoms. The third kappa shape index (κ3) is 3.91. The Balaban J connectivity index is 1.61. The lowest BCUT2D eigenvalue weighted by molar-refractivity contribution is 0.0939. The van der Waals surface area contributed by atoms with Crippen LogP contribution in [0.25, 0.3) is 0 Å². The van der Waals surface area contributed by atoms with Crippen molar-refractivity contribution in [2.75, 3.05) is 18.0 Å². The van der Waals surface area contributed by atoms with E-state index in [1.54, 1.807) is 18.6 Å². The van der Waals surface area contributed by atoms with Crippen LogP contribution in [0, 0.1) is 5.92 Å². The molecule has 3 rings (SSSR count). The van der Waals surface area contributed by atoms with Crippen LogP contribution in [0.3, 0.4) is 0 Å². The minimum absolute atomic E-state index is 0.0885. The molecule has 1 aliphatic heterocycles. The highest BCUT2D eigenvalue weighted by Gasteiger charge is 2.17. The average molecular weight is 324 g/mol. The molecule has 1 fully saturated rings. The van der Waals surface area contributed by atoms with Crippen molar-refractivity contribution in [1.82, 2.24) is 15.3 Å². The monoisotopic (exact) mass is 324 g/mol. The fourth-order valence-electron chi connectivity index (χ4n) is 2.94. The van der Waals surface area contributed by atoms with Crippen LogP contribution in [0.15, 0.2) is 42.9 Å². The summed E-state index contributed by atoms with van der Waals surface area (Å²) in [5.41, 5.74) is 1.57. The van der Waals surface area contributed by atoms with Crippen molar-refractivity contribution in [3.63, 3.8) is 0 Å². The van der Waals surface area contributed by atoms with E-state index in [0.717, 1.165) is 30.4 Å². The van der Waals surface area contributed by atoms with Crippen molar-refractivity contribution < 1.29 is 4.79 Å². The van der Waals surface area contributed by atoms with E-state index in [0.29, 0.717) is 5.56 Å². The predicted molar refractivity (Wildman–Crippen MR) is 95.0 cm³/mol. The summed E-state index contributed by atoms with van der Waals surface area (Å²) in [6.45, 7) is 6.32. The molecule has 3 heterocycles. The standard InChI is InChI=1S/C19H24N4O/c1-14-7-10-23(11-8-14)18-6-5-17(13-21-18)19(24)22-15(2)16-4-3-9-20-12-16/h3-6,9,12-15H,7-8,10-11H2,1-2H3,(H,22,24). The minimum Gasteiger partial charge on any atom is -0.357 e. The number of piperidine rings is 1. The zero-order valence-electron chi connectivity index (χ0n) is 14.3. The van der Waals surface area contributed by atoms with Gasteiger partial charge in [0, 0.05) is 31.7 Å². The summed E-state index contributed by atoms with van der Waals surface area (Å²) in [7, 11) is 0. The molecule has 1 aliphatic rings. The molecule has 1 N–H and O–H groups in total. The Morgan fingerprint density at radius 3 is 2.67 bits per heavy atom. The van der Waals surface area contributed by atoms with Gasteiger partial charge in [-0.05, 0) is 49.4 Å². The molecule has 0 aliphatic carbocycles. The Morgan fingerprint density at radius 1 is 1.25 bits per heavy atom. The summed E-state index contributed by atoms with van der Waals surface area (Å²) < 4.78 is 0. The number of nitrogens with zero attached hydrogens (tertiary/aromatic N) is 3. The maximum absolute atomic E-state index is 12.4. The fraction of sp³-hybridized carbons (Fsp3) is 0.421. The van der Waals surface area contributed by atoms with Crippen LogP contribution >= 0.6 is 0 Å². The quantitative estimate of drug-likeness (QED) is 0.938. The Morgan fingerprint density at radius 2 is 2.04 bits per heavy atom. The number of hydrogen-bond acceptors (Lipinski definition) is 4. The lowest BCUT2D eigenvalue weighted by Gasteiger charge is -2.31. The Kier molecular flexibility index (Phi) is 5.08. The number of aromatic nitrogens is 2. The van der Waals surface area contributed by atoms with Gasteiger partial charge in [0.05, 0.1) is 11.6 Å². The van der Waals surface area contributed by atoms with Crippen LogP contribution in [-0.4, -0.2) is 29.0 Å². The molecule has 0 radical (unpaired) electrons. The van der Waals surface area contributed by atoms with Gasteiger partial charge < -0.3 is 10.2 Å². The molecule has 0 aromatic carbocycles. The molecule has 0 spiro atoms. The summed E-state index contributed by atoms with van der Waals surface area (Å²) in [6.07, 6.45) is 7.56. The van der Waals surface area contributed by atoms with Crippen molar-refractivity contribution in [3.05, 3.63) is 54.0 Å². The number of amides is 1. The summed E-state index contributed by atoms with van der Waals surface area (Å²) in [5.74, 6) is 1.64. The van der Waals surface area contributed by atoms with Gasteiger partial charge >= 0.3 is 0 Å². The van der Waals surface area contributed by atoms with Crippen LogP contribution in [0.1, 0.15) is 48.7 Å². The smallest absolute Gasteiger partial charge is 0.253 e. The van der Waals surface area contributed by atoms with E-state index >= 15 is 0 Å².